The van der Waals surface area contributed by atoms with Crippen LogP contribution in [0.4, 0.5) is 4.79 Å². The molecule has 0 saturated carbocycles. The average Bonchev–Trinajstić information content (AvgIpc) is 2.37. The van der Waals surface area contributed by atoms with Crippen LogP contribution in [0.15, 0.2) is 0 Å². The van der Waals surface area contributed by atoms with Crippen molar-refractivity contribution in [3.63, 3.8) is 0 Å². The van der Waals surface area contributed by atoms with Crippen LogP contribution in [0.1, 0.15) is 33.1 Å². The Morgan fingerprint density at radius 3 is 2.37 bits per heavy atom. The fraction of sp³-hybridized carbons (Fsp3) is 0.929. The Labute approximate surface area is 117 Å². The minimum absolute atomic E-state index is 0.0966. The lowest BCUT2D eigenvalue weighted by Crippen LogP contribution is -2.50. The molecule has 2 N–H and O–H groups in total. The van der Waals surface area contributed by atoms with E-state index in [1.165, 1.54) is 0 Å². The van der Waals surface area contributed by atoms with E-state index in [-0.39, 0.29) is 18.7 Å². The van der Waals surface area contributed by atoms with Crippen LogP contribution in [-0.4, -0.2) is 66.8 Å². The number of amides is 2. The number of aliphatic hydroxyl groups excluding tert-OH is 1. The lowest BCUT2D eigenvalue weighted by Gasteiger charge is -2.35. The smallest absolute Gasteiger partial charge is 0.319 e. The van der Waals surface area contributed by atoms with Gasteiger partial charge in [-0.25, -0.2) is 4.79 Å². The Balaban J connectivity index is 2.35. The van der Waals surface area contributed by atoms with E-state index < -0.39 is 0 Å². The van der Waals surface area contributed by atoms with Crippen LogP contribution in [0, 0.1) is 5.92 Å². The summed E-state index contributed by atoms with van der Waals surface area (Å²) in [5.41, 5.74) is 0. The number of hydrogen-bond acceptors (Lipinski definition) is 3. The molecule has 1 unspecified atom stereocenters. The molecule has 1 atom stereocenters. The van der Waals surface area contributed by atoms with Crippen LogP contribution >= 0.6 is 0 Å². The van der Waals surface area contributed by atoms with E-state index >= 15 is 0 Å². The molecule has 0 radical (unpaired) electrons. The van der Waals surface area contributed by atoms with Gasteiger partial charge in [-0.15, -0.1) is 0 Å². The lowest BCUT2D eigenvalue weighted by atomic mass is 10.00. The van der Waals surface area contributed by atoms with Gasteiger partial charge in [-0.1, -0.05) is 13.8 Å². The molecule has 0 aromatic heterocycles. The monoisotopic (exact) mass is 271 g/mol. The number of carbonyl (C=O) groups excluding carboxylic acids is 1. The van der Waals surface area contributed by atoms with Crippen LogP contribution < -0.4 is 5.32 Å². The predicted octanol–water partition coefficient (Wildman–Crippen LogP) is 1.13. The molecule has 19 heavy (non-hydrogen) atoms. The number of nitrogens with zero attached hydrogens (tertiary/aromatic N) is 2. The molecule has 1 aliphatic rings. The molecule has 5 heteroatoms. The maximum atomic E-state index is 11.8. The summed E-state index contributed by atoms with van der Waals surface area (Å²) in [6, 6.07) is 0.697. The van der Waals surface area contributed by atoms with Crippen molar-refractivity contribution in [3.8, 4) is 0 Å². The second kappa shape index (κ2) is 7.70. The summed E-state index contributed by atoms with van der Waals surface area (Å²) < 4.78 is 0. The second-order valence-electron chi connectivity index (χ2n) is 6.11. The summed E-state index contributed by atoms with van der Waals surface area (Å²) in [4.78, 5) is 15.3. The van der Waals surface area contributed by atoms with E-state index in [1.54, 1.807) is 19.0 Å². The summed E-state index contributed by atoms with van der Waals surface area (Å²) in [5.74, 6) is 0.583. The van der Waals surface area contributed by atoms with Crippen LogP contribution in [-0.2, 0) is 0 Å². The lowest BCUT2D eigenvalue weighted by molar-refractivity contribution is 0.143. The maximum absolute atomic E-state index is 11.8. The van der Waals surface area contributed by atoms with Crippen molar-refractivity contribution >= 4 is 6.03 Å². The van der Waals surface area contributed by atoms with Gasteiger partial charge in [-0.2, -0.15) is 0 Å². The van der Waals surface area contributed by atoms with E-state index in [2.05, 4.69) is 19.2 Å². The summed E-state index contributed by atoms with van der Waals surface area (Å²) in [5, 5.41) is 12.9. The second-order valence-corrected chi connectivity index (χ2v) is 6.11. The van der Waals surface area contributed by atoms with Crippen LogP contribution in [0.25, 0.3) is 0 Å². The Morgan fingerprint density at radius 2 is 1.95 bits per heavy atom. The molecule has 0 aromatic rings. The first kappa shape index (κ1) is 16.2. The van der Waals surface area contributed by atoms with E-state index in [0.29, 0.717) is 12.0 Å². The number of urea groups is 1. The topological polar surface area (TPSA) is 55.8 Å². The molecule has 1 aliphatic heterocycles. The first-order chi connectivity index (χ1) is 8.93. The normalized spacial score (nSPS) is 18.7. The number of likely N-dealkylation sites (tertiary alicyclic amines) is 1. The highest BCUT2D eigenvalue weighted by Gasteiger charge is 2.25. The van der Waals surface area contributed by atoms with Crippen LogP contribution in [0.5, 0.6) is 0 Å². The highest BCUT2D eigenvalue weighted by atomic mass is 16.3. The molecule has 1 fully saturated rings. The van der Waals surface area contributed by atoms with Gasteiger partial charge in [0.05, 0.1) is 6.61 Å². The highest BCUT2D eigenvalue weighted by Crippen LogP contribution is 2.14. The van der Waals surface area contributed by atoms with Crippen LogP contribution in [0.2, 0.25) is 0 Å². The van der Waals surface area contributed by atoms with Crippen molar-refractivity contribution in [3.05, 3.63) is 0 Å². The molecule has 2 amide bonds. The standard InChI is InChI=1S/C14H29N3O2/c1-11(2)9-13(10-18)15-12-5-7-17(8-6-12)14(19)16(3)4/h11-13,15,18H,5-10H2,1-4H3. The fourth-order valence-electron chi connectivity index (χ4n) is 2.62. The largest absolute Gasteiger partial charge is 0.395 e. The van der Waals surface area contributed by atoms with Gasteiger partial charge >= 0.3 is 6.03 Å². The number of aliphatic hydroxyl groups is 1. The predicted molar refractivity (Wildman–Crippen MR) is 77.1 cm³/mol. The van der Waals surface area contributed by atoms with E-state index in [9.17, 15) is 9.90 Å². The van der Waals surface area contributed by atoms with Gasteiger partial charge in [0.25, 0.3) is 0 Å². The third-order valence-corrected chi connectivity index (χ3v) is 3.60. The van der Waals surface area contributed by atoms with Crippen molar-refractivity contribution in [1.29, 1.82) is 0 Å². The quantitative estimate of drug-likeness (QED) is 0.788. The third kappa shape index (κ3) is 5.37. The van der Waals surface area contributed by atoms with Gasteiger partial charge in [-0.3, -0.25) is 0 Å². The molecule has 0 spiro atoms. The fourth-order valence-corrected chi connectivity index (χ4v) is 2.62. The van der Waals surface area contributed by atoms with E-state index in [0.717, 1.165) is 32.4 Å². The number of nitrogens with one attached hydrogen (secondary N) is 1. The zero-order chi connectivity index (χ0) is 14.4. The minimum atomic E-state index is 0.0966. The Bertz CT molecular complexity index is 274. The third-order valence-electron chi connectivity index (χ3n) is 3.60. The average molecular weight is 271 g/mol. The Hall–Kier alpha value is -0.810. The summed E-state index contributed by atoms with van der Waals surface area (Å²) >= 11 is 0. The number of carbonyl (C=O) groups is 1. The number of rotatable bonds is 5. The summed E-state index contributed by atoms with van der Waals surface area (Å²) in [7, 11) is 3.58. The zero-order valence-corrected chi connectivity index (χ0v) is 12.7. The molecule has 0 bridgehead atoms. The first-order valence-electron chi connectivity index (χ1n) is 7.27. The molecule has 1 saturated heterocycles. The van der Waals surface area contributed by atoms with E-state index in [4.69, 9.17) is 0 Å². The Kier molecular flexibility index (Phi) is 6.58. The van der Waals surface area contributed by atoms with Crippen molar-refractivity contribution in [2.24, 2.45) is 5.92 Å². The van der Waals surface area contributed by atoms with Crippen molar-refractivity contribution in [2.45, 2.75) is 45.2 Å². The molecular formula is C14H29N3O2. The van der Waals surface area contributed by atoms with Crippen molar-refractivity contribution < 1.29 is 9.90 Å². The van der Waals surface area contributed by atoms with Crippen molar-refractivity contribution in [2.75, 3.05) is 33.8 Å². The van der Waals surface area contributed by atoms with E-state index in [1.807, 2.05) is 4.90 Å². The molecule has 0 aromatic carbocycles. The first-order valence-corrected chi connectivity index (χ1v) is 7.27. The molecule has 112 valence electrons. The van der Waals surface area contributed by atoms with Crippen LogP contribution in [0.3, 0.4) is 0 Å². The summed E-state index contributed by atoms with van der Waals surface area (Å²) in [6.07, 6.45) is 2.93. The van der Waals surface area contributed by atoms with Gasteiger partial charge < -0.3 is 20.2 Å². The van der Waals surface area contributed by atoms with Gasteiger partial charge in [-0.05, 0) is 25.2 Å². The maximum Gasteiger partial charge on any atom is 0.319 e. The van der Waals surface area contributed by atoms with Gasteiger partial charge in [0, 0.05) is 39.3 Å². The molecular weight excluding hydrogens is 242 g/mol. The minimum Gasteiger partial charge on any atom is -0.395 e. The zero-order valence-electron chi connectivity index (χ0n) is 12.7. The van der Waals surface area contributed by atoms with Gasteiger partial charge in [0.1, 0.15) is 0 Å². The number of hydrogen-bond donors (Lipinski definition) is 2. The SMILES string of the molecule is CC(C)CC(CO)NC1CCN(C(=O)N(C)C)CC1. The van der Waals surface area contributed by atoms with Gasteiger partial charge in [0.2, 0.25) is 0 Å². The highest BCUT2D eigenvalue weighted by molar-refractivity contribution is 5.73. The Morgan fingerprint density at radius 1 is 1.37 bits per heavy atom. The molecule has 0 aliphatic carbocycles. The van der Waals surface area contributed by atoms with Gasteiger partial charge in [0.15, 0.2) is 0 Å². The molecule has 1 rings (SSSR count). The number of piperidine rings is 1. The molecule has 1 heterocycles. The van der Waals surface area contributed by atoms with Crippen molar-refractivity contribution in [1.82, 2.24) is 15.1 Å². The summed E-state index contributed by atoms with van der Waals surface area (Å²) in [6.45, 7) is 6.13. The molecule has 5 nitrogen and oxygen atoms in total.